The first-order chi connectivity index (χ1) is 3.71. The molecule has 0 aliphatic rings. The maximum absolute atomic E-state index is 9.63. The van der Waals surface area contributed by atoms with E-state index in [1.165, 1.54) is 0 Å². The van der Waals surface area contributed by atoms with Gasteiger partial charge in [-0.15, -0.1) is 0 Å². The van der Waals surface area contributed by atoms with Crippen LogP contribution in [-0.2, 0) is 61.5 Å². The molecule has 7 nitrogen and oxygen atoms in total. The Morgan fingerprint density at radius 3 is 1.00 bits per heavy atom. The van der Waals surface area contributed by atoms with Crippen molar-refractivity contribution in [3.63, 3.8) is 0 Å². The van der Waals surface area contributed by atoms with Gasteiger partial charge in [-0.2, -0.15) is 4.31 Å². The third-order valence-electron chi connectivity index (χ3n) is 0.213. The molecule has 0 bridgehead atoms. The molecule has 0 aromatic heterocycles. The van der Waals surface area contributed by atoms with Gasteiger partial charge in [-0.1, -0.05) is 0 Å². The van der Waals surface area contributed by atoms with Crippen molar-refractivity contribution in [2.75, 3.05) is 0 Å². The van der Waals surface area contributed by atoms with Crippen molar-refractivity contribution in [3.8, 4) is 0 Å². The van der Waals surface area contributed by atoms with Gasteiger partial charge in [0.15, 0.2) is 0 Å². The molecule has 0 aromatic carbocycles. The van der Waals surface area contributed by atoms with Crippen molar-refractivity contribution in [2.45, 2.75) is 0 Å². The standard InChI is InChI=1S/H4O7P2.Pt.2H2S/c1-8(2,3)7-9(4,5)6;;;/h(H2,1,2,3)(H2,4,5,6);;2*1H2/q;+2;;/p-2. The molecule has 0 saturated heterocycles. The number of rotatable bonds is 2. The molecule has 0 aliphatic heterocycles. The SMILES string of the molecule is O=P(O)(O)OP(=O)(O)O.[Pt+2].[SH-].[SH-]. The Labute approximate surface area is 96.5 Å². The molecule has 12 heteroatoms. The molecule has 0 saturated carbocycles. The number of thiol groups is 2. The van der Waals surface area contributed by atoms with Gasteiger partial charge in [0.25, 0.3) is 0 Å². The average molecular weight is 439 g/mol. The third-order valence-corrected chi connectivity index (χ3v) is 1.91. The summed E-state index contributed by atoms with van der Waals surface area (Å²) in [5, 5.41) is 0. The molecule has 0 aliphatic carbocycles. The molecule has 0 fully saturated rings. The minimum atomic E-state index is -5.05. The summed E-state index contributed by atoms with van der Waals surface area (Å²) in [6.45, 7) is 0. The first-order valence-electron chi connectivity index (χ1n) is 1.53. The quantitative estimate of drug-likeness (QED) is 0.235. The van der Waals surface area contributed by atoms with E-state index in [0.29, 0.717) is 0 Å². The van der Waals surface area contributed by atoms with E-state index in [4.69, 9.17) is 19.6 Å². The average Bonchev–Trinajstić information content (AvgIpc) is 1.14. The van der Waals surface area contributed by atoms with Crippen LogP contribution in [0.25, 0.3) is 0 Å². The molecule has 0 spiro atoms. The van der Waals surface area contributed by atoms with Crippen molar-refractivity contribution >= 4 is 42.6 Å². The monoisotopic (exact) mass is 439 g/mol. The molecular weight excluding hydrogens is 433 g/mol. The van der Waals surface area contributed by atoms with E-state index in [1.807, 2.05) is 0 Å². The van der Waals surface area contributed by atoms with Gasteiger partial charge in [0, 0.05) is 0 Å². The molecule has 0 radical (unpaired) electrons. The van der Waals surface area contributed by atoms with Crippen LogP contribution in [0.1, 0.15) is 0 Å². The Hall–Kier alpha value is 1.65. The van der Waals surface area contributed by atoms with Crippen LogP contribution in [0.15, 0.2) is 0 Å². The zero-order valence-corrected chi connectivity index (χ0v) is 11.0. The van der Waals surface area contributed by atoms with E-state index < -0.39 is 15.6 Å². The molecule has 0 heterocycles. The Kier molecular flexibility index (Phi) is 15.6. The van der Waals surface area contributed by atoms with Crippen LogP contribution in [-0.4, -0.2) is 19.6 Å². The second-order valence-corrected chi connectivity index (χ2v) is 3.68. The second kappa shape index (κ2) is 8.00. The molecule has 0 atom stereocenters. The molecule has 80 valence electrons. The van der Waals surface area contributed by atoms with Crippen LogP contribution >= 0.6 is 15.6 Å². The van der Waals surface area contributed by atoms with E-state index in [-0.39, 0.29) is 48.1 Å². The zero-order chi connectivity index (χ0) is 7.71. The Bertz CT molecular complexity index is 160. The predicted octanol–water partition coefficient (Wildman–Crippen LogP) is -1.35. The van der Waals surface area contributed by atoms with Gasteiger partial charge in [0.05, 0.1) is 0 Å². The van der Waals surface area contributed by atoms with Crippen molar-refractivity contribution in [1.29, 1.82) is 0 Å². The molecular formula is H6O7P2PtS2. The molecule has 0 rings (SSSR count). The van der Waals surface area contributed by atoms with Gasteiger partial charge in [0.2, 0.25) is 0 Å². The van der Waals surface area contributed by atoms with Crippen LogP contribution in [0.2, 0.25) is 0 Å². The van der Waals surface area contributed by atoms with Crippen LogP contribution in [0.4, 0.5) is 0 Å². The first kappa shape index (κ1) is 23.5. The summed E-state index contributed by atoms with van der Waals surface area (Å²) in [7, 11) is -10.1. The maximum Gasteiger partial charge on any atom is 2.00 e. The van der Waals surface area contributed by atoms with Gasteiger partial charge < -0.3 is 46.6 Å². The largest absolute Gasteiger partial charge is 2.00 e. The minimum absolute atomic E-state index is 0. The van der Waals surface area contributed by atoms with E-state index >= 15 is 0 Å². The fourth-order valence-electron chi connectivity index (χ4n) is 0.139. The Balaban J connectivity index is -0.000000107. The van der Waals surface area contributed by atoms with Crippen molar-refractivity contribution < 1.29 is 54.1 Å². The summed E-state index contributed by atoms with van der Waals surface area (Å²) >= 11 is 0. The van der Waals surface area contributed by atoms with Crippen LogP contribution in [0.5, 0.6) is 0 Å². The molecule has 0 aromatic rings. The van der Waals surface area contributed by atoms with Crippen LogP contribution in [0, 0.1) is 0 Å². The minimum Gasteiger partial charge on any atom is -0.813 e. The van der Waals surface area contributed by atoms with E-state index in [2.05, 4.69) is 4.31 Å². The number of hydrogen-bond donors (Lipinski definition) is 4. The van der Waals surface area contributed by atoms with Gasteiger partial charge >= 0.3 is 36.7 Å². The normalized spacial score (nSPS) is 10.3. The van der Waals surface area contributed by atoms with Gasteiger partial charge in [0.1, 0.15) is 0 Å². The summed E-state index contributed by atoms with van der Waals surface area (Å²) in [4.78, 5) is 31.0. The van der Waals surface area contributed by atoms with Crippen molar-refractivity contribution in [1.82, 2.24) is 0 Å². The fourth-order valence-corrected chi connectivity index (χ4v) is 1.25. The topological polar surface area (TPSA) is 124 Å². The molecule has 0 unspecified atom stereocenters. The summed E-state index contributed by atoms with van der Waals surface area (Å²) in [6.07, 6.45) is 0. The second-order valence-electron chi connectivity index (χ2n) is 1.06. The Morgan fingerprint density at radius 2 is 1.00 bits per heavy atom. The fraction of sp³-hybridized carbons (Fsp3) is 0. The van der Waals surface area contributed by atoms with Crippen molar-refractivity contribution in [2.24, 2.45) is 0 Å². The van der Waals surface area contributed by atoms with E-state index in [1.54, 1.807) is 0 Å². The first-order valence-corrected chi connectivity index (χ1v) is 4.59. The van der Waals surface area contributed by atoms with E-state index in [9.17, 15) is 9.13 Å². The third kappa shape index (κ3) is 22.6. The summed E-state index contributed by atoms with van der Waals surface area (Å²) in [6, 6.07) is 0. The summed E-state index contributed by atoms with van der Waals surface area (Å²) in [5.41, 5.74) is 0. The van der Waals surface area contributed by atoms with Gasteiger partial charge in [-0.05, 0) is 0 Å². The molecule has 0 amide bonds. The van der Waals surface area contributed by atoms with Gasteiger partial charge in [-0.3, -0.25) is 0 Å². The van der Waals surface area contributed by atoms with Crippen molar-refractivity contribution in [3.05, 3.63) is 0 Å². The zero-order valence-electron chi connectivity index (χ0n) is 5.12. The van der Waals surface area contributed by atoms with Gasteiger partial charge in [-0.25, -0.2) is 9.13 Å². The predicted molar refractivity (Wildman–Crippen MR) is 42.7 cm³/mol. The van der Waals surface area contributed by atoms with Crippen LogP contribution in [0.3, 0.4) is 0 Å². The maximum atomic E-state index is 9.63. The Morgan fingerprint density at radius 1 is 0.833 bits per heavy atom. The number of hydrogen-bond acceptors (Lipinski definition) is 5. The summed E-state index contributed by atoms with van der Waals surface area (Å²) in [5.74, 6) is 0. The summed E-state index contributed by atoms with van der Waals surface area (Å²) < 4.78 is 22.2. The van der Waals surface area contributed by atoms with E-state index in [0.717, 1.165) is 0 Å². The van der Waals surface area contributed by atoms with Crippen LogP contribution < -0.4 is 0 Å². The smallest absolute Gasteiger partial charge is 0.813 e. The number of phosphoric acid groups is 2. The molecule has 12 heavy (non-hydrogen) atoms. The molecule has 4 N–H and O–H groups in total.